The van der Waals surface area contributed by atoms with Gasteiger partial charge in [-0.1, -0.05) is 37.8 Å². The zero-order valence-electron chi connectivity index (χ0n) is 13.1. The number of rotatable bonds is 7. The summed E-state index contributed by atoms with van der Waals surface area (Å²) in [6, 6.07) is 11.9. The van der Waals surface area contributed by atoms with Crippen molar-refractivity contribution >= 4 is 5.57 Å². The van der Waals surface area contributed by atoms with E-state index < -0.39 is 0 Å². The quantitative estimate of drug-likeness (QED) is 0.552. The number of hydrogen-bond acceptors (Lipinski definition) is 3. The van der Waals surface area contributed by atoms with E-state index >= 15 is 0 Å². The SMILES string of the molecule is C=C(/C=C(/CC)OC)c1ccc(COc2cccnc2)cc1. The van der Waals surface area contributed by atoms with Gasteiger partial charge in [0, 0.05) is 12.6 Å². The predicted octanol–water partition coefficient (Wildman–Crippen LogP) is 4.61. The second-order valence-corrected chi connectivity index (χ2v) is 4.87. The zero-order valence-corrected chi connectivity index (χ0v) is 13.1. The van der Waals surface area contributed by atoms with Crippen LogP contribution in [0.2, 0.25) is 0 Å². The van der Waals surface area contributed by atoms with Crippen molar-refractivity contribution < 1.29 is 9.47 Å². The van der Waals surface area contributed by atoms with Crippen LogP contribution in [0.15, 0.2) is 67.2 Å². The number of benzene rings is 1. The Labute approximate surface area is 131 Å². The highest BCUT2D eigenvalue weighted by molar-refractivity contribution is 5.72. The smallest absolute Gasteiger partial charge is 0.138 e. The molecule has 0 saturated carbocycles. The molecule has 3 nitrogen and oxygen atoms in total. The van der Waals surface area contributed by atoms with Crippen molar-refractivity contribution in [3.8, 4) is 5.75 Å². The fraction of sp³-hybridized carbons (Fsp3) is 0.211. The van der Waals surface area contributed by atoms with E-state index in [1.54, 1.807) is 19.5 Å². The molecule has 0 atom stereocenters. The van der Waals surface area contributed by atoms with E-state index in [4.69, 9.17) is 9.47 Å². The van der Waals surface area contributed by atoms with Crippen LogP contribution in [0.25, 0.3) is 5.57 Å². The Hall–Kier alpha value is -2.55. The van der Waals surface area contributed by atoms with Crippen molar-refractivity contribution in [3.63, 3.8) is 0 Å². The molecule has 0 aliphatic heterocycles. The summed E-state index contributed by atoms with van der Waals surface area (Å²) in [4.78, 5) is 4.02. The minimum atomic E-state index is 0.520. The molecular weight excluding hydrogens is 274 g/mol. The molecule has 0 saturated heterocycles. The second-order valence-electron chi connectivity index (χ2n) is 4.87. The summed E-state index contributed by atoms with van der Waals surface area (Å²) in [5.74, 6) is 1.69. The van der Waals surface area contributed by atoms with E-state index in [2.05, 4.69) is 18.5 Å². The maximum atomic E-state index is 5.67. The number of pyridine rings is 1. The molecule has 1 aromatic carbocycles. The maximum absolute atomic E-state index is 5.67. The largest absolute Gasteiger partial charge is 0.501 e. The Morgan fingerprint density at radius 2 is 2.00 bits per heavy atom. The summed E-state index contributed by atoms with van der Waals surface area (Å²) in [5, 5.41) is 0. The van der Waals surface area contributed by atoms with E-state index in [1.807, 2.05) is 42.5 Å². The Morgan fingerprint density at radius 1 is 1.23 bits per heavy atom. The monoisotopic (exact) mass is 295 g/mol. The molecule has 0 aliphatic carbocycles. The molecule has 0 fully saturated rings. The van der Waals surface area contributed by atoms with Crippen LogP contribution in [0.3, 0.4) is 0 Å². The van der Waals surface area contributed by atoms with Gasteiger partial charge in [0.1, 0.15) is 12.4 Å². The summed E-state index contributed by atoms with van der Waals surface area (Å²) in [6.07, 6.45) is 6.26. The van der Waals surface area contributed by atoms with Gasteiger partial charge in [-0.15, -0.1) is 0 Å². The molecule has 0 spiro atoms. The molecule has 0 amide bonds. The minimum absolute atomic E-state index is 0.520. The molecule has 1 aromatic heterocycles. The van der Waals surface area contributed by atoms with Crippen LogP contribution in [-0.4, -0.2) is 12.1 Å². The first-order chi connectivity index (χ1) is 10.7. The Bertz CT molecular complexity index is 624. The summed E-state index contributed by atoms with van der Waals surface area (Å²) in [6.45, 7) is 6.67. The molecule has 114 valence electrons. The van der Waals surface area contributed by atoms with Gasteiger partial charge in [-0.2, -0.15) is 0 Å². The Morgan fingerprint density at radius 3 is 2.59 bits per heavy atom. The lowest BCUT2D eigenvalue weighted by Crippen LogP contribution is -1.95. The summed E-state index contributed by atoms with van der Waals surface area (Å²) < 4.78 is 11.0. The van der Waals surface area contributed by atoms with Crippen LogP contribution in [0.5, 0.6) is 5.75 Å². The molecule has 0 radical (unpaired) electrons. The predicted molar refractivity (Wildman–Crippen MR) is 89.4 cm³/mol. The van der Waals surface area contributed by atoms with Gasteiger partial charge in [0.2, 0.25) is 0 Å². The molecule has 3 heteroatoms. The van der Waals surface area contributed by atoms with Gasteiger partial charge < -0.3 is 9.47 Å². The van der Waals surface area contributed by atoms with E-state index in [1.165, 1.54) is 0 Å². The van der Waals surface area contributed by atoms with Crippen molar-refractivity contribution in [1.29, 1.82) is 0 Å². The maximum Gasteiger partial charge on any atom is 0.138 e. The lowest BCUT2D eigenvalue weighted by atomic mass is 10.0. The van der Waals surface area contributed by atoms with Crippen molar-refractivity contribution in [3.05, 3.63) is 78.3 Å². The topological polar surface area (TPSA) is 31.4 Å². The van der Waals surface area contributed by atoms with Crippen LogP contribution in [0, 0.1) is 0 Å². The van der Waals surface area contributed by atoms with Crippen LogP contribution < -0.4 is 4.74 Å². The summed E-state index contributed by atoms with van der Waals surface area (Å²) in [7, 11) is 1.68. The molecule has 2 aromatic rings. The number of nitrogens with zero attached hydrogens (tertiary/aromatic N) is 1. The third kappa shape index (κ3) is 4.48. The van der Waals surface area contributed by atoms with Gasteiger partial charge in [0.05, 0.1) is 19.1 Å². The summed E-state index contributed by atoms with van der Waals surface area (Å²) in [5.41, 5.74) is 3.12. The van der Waals surface area contributed by atoms with Gasteiger partial charge in [-0.25, -0.2) is 0 Å². The number of ether oxygens (including phenoxy) is 2. The molecule has 0 bridgehead atoms. The molecule has 1 heterocycles. The number of aromatic nitrogens is 1. The van der Waals surface area contributed by atoms with Crippen molar-refractivity contribution in [2.75, 3.05) is 7.11 Å². The minimum Gasteiger partial charge on any atom is -0.501 e. The van der Waals surface area contributed by atoms with Crippen molar-refractivity contribution in [1.82, 2.24) is 4.98 Å². The first-order valence-corrected chi connectivity index (χ1v) is 7.28. The number of hydrogen-bond donors (Lipinski definition) is 0. The highest BCUT2D eigenvalue weighted by Crippen LogP contribution is 2.18. The van der Waals surface area contributed by atoms with Crippen LogP contribution >= 0.6 is 0 Å². The fourth-order valence-corrected chi connectivity index (χ4v) is 2.00. The van der Waals surface area contributed by atoms with Crippen molar-refractivity contribution in [2.24, 2.45) is 0 Å². The fourth-order valence-electron chi connectivity index (χ4n) is 2.00. The van der Waals surface area contributed by atoms with Crippen LogP contribution in [0.4, 0.5) is 0 Å². The van der Waals surface area contributed by atoms with Crippen LogP contribution in [-0.2, 0) is 11.3 Å². The normalized spacial score (nSPS) is 11.1. The third-order valence-electron chi connectivity index (χ3n) is 3.31. The lowest BCUT2D eigenvalue weighted by Gasteiger charge is -2.08. The highest BCUT2D eigenvalue weighted by atomic mass is 16.5. The van der Waals surface area contributed by atoms with E-state index in [0.717, 1.165) is 34.6 Å². The average Bonchev–Trinajstić information content (AvgIpc) is 2.59. The summed E-state index contributed by atoms with van der Waals surface area (Å²) >= 11 is 0. The molecule has 22 heavy (non-hydrogen) atoms. The van der Waals surface area contributed by atoms with Crippen molar-refractivity contribution in [2.45, 2.75) is 20.0 Å². The molecular formula is C19H21NO2. The molecule has 0 aliphatic rings. The molecule has 0 unspecified atom stereocenters. The molecule has 2 rings (SSSR count). The van der Waals surface area contributed by atoms with Crippen LogP contribution in [0.1, 0.15) is 24.5 Å². The second kappa shape index (κ2) is 8.03. The van der Waals surface area contributed by atoms with Gasteiger partial charge in [0.15, 0.2) is 0 Å². The Balaban J connectivity index is 1.98. The first kappa shape index (κ1) is 15.8. The standard InChI is InChI=1S/C19H21NO2/c1-4-18(21-3)12-15(2)17-9-7-16(8-10-17)14-22-19-6-5-11-20-13-19/h5-13H,2,4,14H2,1,3H3/b18-12-. The third-order valence-corrected chi connectivity index (χ3v) is 3.31. The Kier molecular flexibility index (Phi) is 5.78. The zero-order chi connectivity index (χ0) is 15.8. The highest BCUT2D eigenvalue weighted by Gasteiger charge is 2.01. The average molecular weight is 295 g/mol. The van der Waals surface area contributed by atoms with E-state index in [0.29, 0.717) is 6.61 Å². The lowest BCUT2D eigenvalue weighted by molar-refractivity contribution is 0.281. The van der Waals surface area contributed by atoms with Gasteiger partial charge in [-0.3, -0.25) is 4.98 Å². The van der Waals surface area contributed by atoms with Gasteiger partial charge in [-0.05, 0) is 34.9 Å². The number of methoxy groups -OCH3 is 1. The molecule has 0 N–H and O–H groups in total. The van der Waals surface area contributed by atoms with Gasteiger partial charge >= 0.3 is 0 Å². The first-order valence-electron chi connectivity index (χ1n) is 7.28. The number of allylic oxidation sites excluding steroid dienone is 3. The van der Waals surface area contributed by atoms with E-state index in [-0.39, 0.29) is 0 Å². The van der Waals surface area contributed by atoms with E-state index in [9.17, 15) is 0 Å². The van der Waals surface area contributed by atoms with Gasteiger partial charge in [0.25, 0.3) is 0 Å².